The Morgan fingerprint density at radius 1 is 1.30 bits per heavy atom. The summed E-state index contributed by atoms with van der Waals surface area (Å²) < 4.78 is 27.3. The molecule has 8 heteroatoms. The summed E-state index contributed by atoms with van der Waals surface area (Å²) in [5.74, 6) is 0. The Morgan fingerprint density at radius 3 is 2.35 bits per heavy atom. The number of rotatable bonds is 4. The van der Waals surface area contributed by atoms with Crippen molar-refractivity contribution in [1.29, 1.82) is 0 Å². The molecule has 1 aromatic rings. The second kappa shape index (κ2) is 6.49. The predicted octanol–water partition coefficient (Wildman–Crippen LogP) is 3.56. The van der Waals surface area contributed by atoms with Crippen molar-refractivity contribution in [3.63, 3.8) is 0 Å². The molecule has 2 rings (SSSR count). The van der Waals surface area contributed by atoms with Gasteiger partial charge in [-0.1, -0.05) is 36.7 Å². The molecule has 1 aliphatic rings. The van der Waals surface area contributed by atoms with Gasteiger partial charge in [0.05, 0.1) is 9.82 Å². The number of non-ortho nitro benzene ring substituents is 1. The standard InChI is InChI=1S/C15H21BrN2O4S/c1-15(2,3)14(16)13-5-4-10-17(13)23(21,22)12-8-6-11(7-9-12)18(19)20/h6-9,13-14H,4-5,10H2,1-3H3/t13?,14-/m0/s1. The lowest BCUT2D eigenvalue weighted by Gasteiger charge is -2.35. The molecule has 1 aromatic carbocycles. The van der Waals surface area contributed by atoms with Crippen LogP contribution in [-0.4, -0.2) is 35.1 Å². The second-order valence-corrected chi connectivity index (χ2v) is 9.72. The molecule has 1 saturated heterocycles. The van der Waals surface area contributed by atoms with E-state index in [-0.39, 0.29) is 26.9 Å². The zero-order valence-electron chi connectivity index (χ0n) is 13.4. The van der Waals surface area contributed by atoms with Crippen molar-refractivity contribution in [2.24, 2.45) is 5.41 Å². The van der Waals surface area contributed by atoms with Crippen molar-refractivity contribution in [3.05, 3.63) is 34.4 Å². The summed E-state index contributed by atoms with van der Waals surface area (Å²) in [6.45, 7) is 6.69. The minimum atomic E-state index is -3.65. The van der Waals surface area contributed by atoms with Gasteiger partial charge in [-0.3, -0.25) is 10.1 Å². The number of nitro benzene ring substituents is 1. The Morgan fingerprint density at radius 2 is 1.87 bits per heavy atom. The van der Waals surface area contributed by atoms with Gasteiger partial charge in [0.1, 0.15) is 0 Å². The van der Waals surface area contributed by atoms with Gasteiger partial charge in [-0.25, -0.2) is 8.42 Å². The van der Waals surface area contributed by atoms with E-state index in [1.165, 1.54) is 28.6 Å². The van der Waals surface area contributed by atoms with E-state index in [1.54, 1.807) is 0 Å². The van der Waals surface area contributed by atoms with Gasteiger partial charge in [-0.15, -0.1) is 0 Å². The SMILES string of the molecule is CC(C)(C)[C@@H](Br)C1CCCN1S(=O)(=O)c1ccc([N+](=O)[O-])cc1. The summed E-state index contributed by atoms with van der Waals surface area (Å²) >= 11 is 3.67. The van der Waals surface area contributed by atoms with Crippen molar-refractivity contribution in [2.75, 3.05) is 6.54 Å². The van der Waals surface area contributed by atoms with Crippen LogP contribution < -0.4 is 0 Å². The first-order chi connectivity index (χ1) is 10.5. The Balaban J connectivity index is 2.32. The second-order valence-electron chi connectivity index (χ2n) is 6.84. The molecule has 0 spiro atoms. The molecule has 0 amide bonds. The number of nitrogens with zero attached hydrogens (tertiary/aromatic N) is 2. The Labute approximate surface area is 145 Å². The van der Waals surface area contributed by atoms with Crippen LogP contribution in [0.2, 0.25) is 0 Å². The molecular formula is C15H21BrN2O4S. The highest BCUT2D eigenvalue weighted by Crippen LogP contribution is 2.38. The molecule has 2 atom stereocenters. The molecule has 0 bridgehead atoms. The smallest absolute Gasteiger partial charge is 0.258 e. The lowest BCUT2D eigenvalue weighted by Crippen LogP contribution is -2.45. The molecule has 0 aromatic heterocycles. The molecule has 6 nitrogen and oxygen atoms in total. The Hall–Kier alpha value is -0.990. The molecule has 128 valence electrons. The number of hydrogen-bond donors (Lipinski definition) is 0. The molecule has 1 unspecified atom stereocenters. The lowest BCUT2D eigenvalue weighted by molar-refractivity contribution is -0.384. The number of sulfonamides is 1. The van der Waals surface area contributed by atoms with Crippen molar-refractivity contribution < 1.29 is 13.3 Å². The van der Waals surface area contributed by atoms with Gasteiger partial charge in [0.2, 0.25) is 10.0 Å². The van der Waals surface area contributed by atoms with Crippen LogP contribution in [0, 0.1) is 15.5 Å². The first-order valence-electron chi connectivity index (χ1n) is 7.45. The van der Waals surface area contributed by atoms with E-state index >= 15 is 0 Å². The largest absolute Gasteiger partial charge is 0.269 e. The zero-order valence-corrected chi connectivity index (χ0v) is 15.8. The van der Waals surface area contributed by atoms with Crippen LogP contribution in [0.25, 0.3) is 0 Å². The summed E-state index contributed by atoms with van der Waals surface area (Å²) in [5, 5.41) is 10.7. The summed E-state index contributed by atoms with van der Waals surface area (Å²) in [6.07, 6.45) is 1.62. The van der Waals surface area contributed by atoms with Gasteiger partial charge in [0.15, 0.2) is 0 Å². The average Bonchev–Trinajstić information content (AvgIpc) is 2.95. The maximum absolute atomic E-state index is 12.9. The Bertz CT molecular complexity index is 682. The van der Waals surface area contributed by atoms with Crippen LogP contribution >= 0.6 is 15.9 Å². The fourth-order valence-corrected chi connectivity index (χ4v) is 5.22. The maximum Gasteiger partial charge on any atom is 0.269 e. The third-order valence-electron chi connectivity index (χ3n) is 4.07. The minimum absolute atomic E-state index is 0.0327. The van der Waals surface area contributed by atoms with Crippen molar-refractivity contribution >= 4 is 31.6 Å². The minimum Gasteiger partial charge on any atom is -0.258 e. The molecule has 1 heterocycles. The van der Waals surface area contributed by atoms with Gasteiger partial charge < -0.3 is 0 Å². The maximum atomic E-state index is 12.9. The van der Waals surface area contributed by atoms with Crippen molar-refractivity contribution in [2.45, 2.75) is 49.4 Å². The molecule has 1 aliphatic heterocycles. The van der Waals surface area contributed by atoms with E-state index in [9.17, 15) is 18.5 Å². The van der Waals surface area contributed by atoms with Crippen LogP contribution in [-0.2, 0) is 10.0 Å². The number of halogens is 1. The van der Waals surface area contributed by atoms with Gasteiger partial charge >= 0.3 is 0 Å². The Kier molecular flexibility index (Phi) is 5.18. The van der Waals surface area contributed by atoms with Gasteiger partial charge in [-0.2, -0.15) is 4.31 Å². The summed E-state index contributed by atoms with van der Waals surface area (Å²) in [6, 6.07) is 4.96. The van der Waals surface area contributed by atoms with E-state index in [1.807, 2.05) is 0 Å². The molecule has 0 N–H and O–H groups in total. The lowest BCUT2D eigenvalue weighted by atomic mass is 9.87. The highest BCUT2D eigenvalue weighted by Gasteiger charge is 2.42. The molecule has 0 saturated carbocycles. The van der Waals surface area contributed by atoms with Crippen LogP contribution in [0.3, 0.4) is 0 Å². The quantitative estimate of drug-likeness (QED) is 0.436. The first-order valence-corrected chi connectivity index (χ1v) is 9.81. The summed E-state index contributed by atoms with van der Waals surface area (Å²) in [7, 11) is -3.65. The fourth-order valence-electron chi connectivity index (χ4n) is 2.81. The average molecular weight is 405 g/mol. The number of nitro groups is 1. The fraction of sp³-hybridized carbons (Fsp3) is 0.600. The van der Waals surface area contributed by atoms with Crippen LogP contribution in [0.5, 0.6) is 0 Å². The zero-order chi connectivity index (χ0) is 17.4. The normalized spacial score (nSPS) is 21.3. The van der Waals surface area contributed by atoms with Gasteiger partial charge in [0, 0.05) is 29.5 Å². The first kappa shape index (κ1) is 18.4. The summed E-state index contributed by atoms with van der Waals surface area (Å²) in [5.41, 5.74) is -0.187. The third kappa shape index (κ3) is 3.75. The van der Waals surface area contributed by atoms with E-state index in [2.05, 4.69) is 36.7 Å². The van der Waals surface area contributed by atoms with E-state index in [0.29, 0.717) is 6.54 Å². The molecule has 23 heavy (non-hydrogen) atoms. The number of alkyl halides is 1. The van der Waals surface area contributed by atoms with Crippen molar-refractivity contribution in [3.8, 4) is 0 Å². The number of benzene rings is 1. The molecule has 0 aliphatic carbocycles. The van der Waals surface area contributed by atoms with E-state index < -0.39 is 14.9 Å². The third-order valence-corrected chi connectivity index (χ3v) is 7.99. The van der Waals surface area contributed by atoms with Crippen LogP contribution in [0.15, 0.2) is 29.2 Å². The summed E-state index contributed by atoms with van der Waals surface area (Å²) in [4.78, 5) is 10.3. The number of hydrogen-bond acceptors (Lipinski definition) is 4. The van der Waals surface area contributed by atoms with E-state index in [0.717, 1.165) is 12.8 Å². The van der Waals surface area contributed by atoms with E-state index in [4.69, 9.17) is 0 Å². The molecular weight excluding hydrogens is 384 g/mol. The van der Waals surface area contributed by atoms with Crippen LogP contribution in [0.1, 0.15) is 33.6 Å². The highest BCUT2D eigenvalue weighted by molar-refractivity contribution is 9.09. The molecule has 0 radical (unpaired) electrons. The van der Waals surface area contributed by atoms with Crippen molar-refractivity contribution in [1.82, 2.24) is 4.31 Å². The van der Waals surface area contributed by atoms with Crippen LogP contribution in [0.4, 0.5) is 5.69 Å². The topological polar surface area (TPSA) is 80.5 Å². The van der Waals surface area contributed by atoms with Gasteiger partial charge in [-0.05, 0) is 30.4 Å². The highest BCUT2D eigenvalue weighted by atomic mass is 79.9. The molecule has 1 fully saturated rings. The predicted molar refractivity (Wildman–Crippen MR) is 92.2 cm³/mol. The van der Waals surface area contributed by atoms with Gasteiger partial charge in [0.25, 0.3) is 5.69 Å². The monoisotopic (exact) mass is 404 g/mol.